The standard InChI is InChI=1S/C21H21N9O.4ClH/c1-2-24-16-10-14(20-27-28-21(31-20)29-8-5-23-6-9-29)12-25-19(16)18-15(11-22)13-26-30-7-3-4-17(18)30;;;;/h3-4,7,10,12-13,23-24H,2,5-6,8-9H2,1H3;4*1H. The van der Waals surface area contributed by atoms with Gasteiger partial charge in [-0.05, 0) is 25.1 Å². The maximum atomic E-state index is 9.67. The van der Waals surface area contributed by atoms with Gasteiger partial charge >= 0.3 is 6.01 Å². The molecule has 0 bridgehead atoms. The molecule has 0 atom stereocenters. The van der Waals surface area contributed by atoms with E-state index in [0.29, 0.717) is 35.3 Å². The zero-order valence-electron chi connectivity index (χ0n) is 18.7. The second kappa shape index (κ2) is 13.3. The number of pyridine rings is 1. The van der Waals surface area contributed by atoms with Gasteiger partial charge in [0.1, 0.15) is 6.07 Å². The highest BCUT2D eigenvalue weighted by atomic mass is 35.5. The van der Waals surface area contributed by atoms with E-state index in [4.69, 9.17) is 9.40 Å². The molecule has 5 rings (SSSR count). The number of rotatable bonds is 5. The monoisotopic (exact) mass is 559 g/mol. The van der Waals surface area contributed by atoms with E-state index in [1.165, 1.54) is 0 Å². The maximum absolute atomic E-state index is 9.67. The van der Waals surface area contributed by atoms with Crippen molar-refractivity contribution in [3.63, 3.8) is 0 Å². The molecule has 4 aromatic heterocycles. The molecule has 14 heteroatoms. The molecule has 0 saturated carbocycles. The van der Waals surface area contributed by atoms with Crippen molar-refractivity contribution in [2.24, 2.45) is 0 Å². The quantitative estimate of drug-likeness (QED) is 0.375. The molecule has 0 unspecified atom stereocenters. The van der Waals surface area contributed by atoms with Gasteiger partial charge in [-0.1, -0.05) is 5.10 Å². The second-order valence-corrected chi connectivity index (χ2v) is 7.16. The average Bonchev–Trinajstić information content (AvgIpc) is 3.49. The van der Waals surface area contributed by atoms with Gasteiger partial charge in [0.2, 0.25) is 0 Å². The number of anilines is 2. The first-order chi connectivity index (χ1) is 15.3. The van der Waals surface area contributed by atoms with Gasteiger partial charge in [0.05, 0.1) is 34.2 Å². The number of halogens is 4. The molecule has 0 spiro atoms. The molecule has 10 nitrogen and oxygen atoms in total. The molecule has 4 aromatic rings. The fraction of sp³-hybridized carbons (Fsp3) is 0.286. The van der Waals surface area contributed by atoms with Crippen molar-refractivity contribution in [3.8, 4) is 28.8 Å². The van der Waals surface area contributed by atoms with Crippen LogP contribution in [-0.4, -0.2) is 57.5 Å². The minimum atomic E-state index is 0. The zero-order chi connectivity index (χ0) is 21.2. The second-order valence-electron chi connectivity index (χ2n) is 7.16. The highest BCUT2D eigenvalue weighted by Crippen LogP contribution is 2.34. The van der Waals surface area contributed by atoms with Crippen LogP contribution in [0.15, 0.2) is 41.2 Å². The fourth-order valence-electron chi connectivity index (χ4n) is 3.75. The van der Waals surface area contributed by atoms with Crippen LogP contribution in [0.5, 0.6) is 0 Å². The third kappa shape index (κ3) is 5.89. The Kier molecular flexibility index (Phi) is 11.5. The van der Waals surface area contributed by atoms with Crippen molar-refractivity contribution in [1.82, 2.24) is 30.1 Å². The maximum Gasteiger partial charge on any atom is 0.318 e. The lowest BCUT2D eigenvalue weighted by Gasteiger charge is -2.24. The Labute approximate surface area is 227 Å². The molecule has 5 heterocycles. The minimum absolute atomic E-state index is 0. The highest BCUT2D eigenvalue weighted by molar-refractivity contribution is 5.90. The summed E-state index contributed by atoms with van der Waals surface area (Å²) < 4.78 is 7.67. The SMILES string of the molecule is CCNc1cc(-c2nnc(N3CCNCC3)o2)cnc1-c1c(C#N)cnn2cccc12.Cl.Cl.Cl.Cl. The Balaban J connectivity index is 0.00000153. The van der Waals surface area contributed by atoms with E-state index >= 15 is 0 Å². The number of hydrogen-bond donors (Lipinski definition) is 2. The summed E-state index contributed by atoms with van der Waals surface area (Å²) in [5.41, 5.74) is 4.19. The molecular weight excluding hydrogens is 536 g/mol. The fourth-order valence-corrected chi connectivity index (χ4v) is 3.75. The molecule has 0 amide bonds. The molecular formula is C21H25Cl4N9O. The van der Waals surface area contributed by atoms with Gasteiger partial charge in [0.25, 0.3) is 5.89 Å². The van der Waals surface area contributed by atoms with E-state index in [-0.39, 0.29) is 49.6 Å². The summed E-state index contributed by atoms with van der Waals surface area (Å²) in [6.45, 7) is 6.13. The van der Waals surface area contributed by atoms with E-state index < -0.39 is 0 Å². The van der Waals surface area contributed by atoms with Crippen molar-refractivity contribution in [1.29, 1.82) is 5.26 Å². The molecule has 0 radical (unpaired) electrons. The first kappa shape index (κ1) is 30.2. The third-order valence-electron chi connectivity index (χ3n) is 5.23. The van der Waals surface area contributed by atoms with Gasteiger partial charge in [-0.3, -0.25) is 4.98 Å². The predicted molar refractivity (Wildman–Crippen MR) is 145 cm³/mol. The van der Waals surface area contributed by atoms with Gasteiger partial charge < -0.3 is 20.0 Å². The Bertz CT molecular complexity index is 1280. The largest absolute Gasteiger partial charge is 0.403 e. The molecule has 2 N–H and O–H groups in total. The summed E-state index contributed by atoms with van der Waals surface area (Å²) in [6, 6.07) is 8.50. The Morgan fingerprint density at radius 3 is 2.63 bits per heavy atom. The topological polar surface area (TPSA) is 120 Å². The Morgan fingerprint density at radius 2 is 1.91 bits per heavy atom. The van der Waals surface area contributed by atoms with Crippen molar-refractivity contribution in [3.05, 3.63) is 42.4 Å². The number of nitrogens with one attached hydrogen (secondary N) is 2. The number of aromatic nitrogens is 5. The molecule has 35 heavy (non-hydrogen) atoms. The molecule has 1 aliphatic heterocycles. The van der Waals surface area contributed by atoms with Crippen LogP contribution in [0.1, 0.15) is 12.5 Å². The van der Waals surface area contributed by atoms with E-state index in [1.807, 2.05) is 31.3 Å². The lowest BCUT2D eigenvalue weighted by Crippen LogP contribution is -2.43. The van der Waals surface area contributed by atoms with Crippen molar-refractivity contribution in [2.75, 3.05) is 42.9 Å². The molecule has 1 fully saturated rings. The lowest BCUT2D eigenvalue weighted by molar-refractivity contribution is 0.505. The van der Waals surface area contributed by atoms with Crippen LogP contribution in [-0.2, 0) is 0 Å². The van der Waals surface area contributed by atoms with Crippen molar-refractivity contribution < 1.29 is 4.42 Å². The first-order valence-corrected chi connectivity index (χ1v) is 10.2. The summed E-state index contributed by atoms with van der Waals surface area (Å²) in [6.07, 6.45) is 5.11. The van der Waals surface area contributed by atoms with Crippen LogP contribution in [0.3, 0.4) is 0 Å². The minimum Gasteiger partial charge on any atom is -0.403 e. The van der Waals surface area contributed by atoms with E-state index in [2.05, 4.69) is 36.9 Å². The van der Waals surface area contributed by atoms with Crippen molar-refractivity contribution >= 4 is 66.8 Å². The Morgan fingerprint density at radius 1 is 1.14 bits per heavy atom. The van der Waals surface area contributed by atoms with Crippen LogP contribution < -0.4 is 15.5 Å². The highest BCUT2D eigenvalue weighted by Gasteiger charge is 2.20. The smallest absolute Gasteiger partial charge is 0.318 e. The lowest BCUT2D eigenvalue weighted by atomic mass is 10.0. The van der Waals surface area contributed by atoms with Crippen LogP contribution in [0, 0.1) is 11.3 Å². The number of fused-ring (bicyclic) bond motifs is 1. The average molecular weight is 561 g/mol. The van der Waals surface area contributed by atoms with Crippen LogP contribution in [0.25, 0.3) is 28.2 Å². The third-order valence-corrected chi connectivity index (χ3v) is 5.23. The van der Waals surface area contributed by atoms with E-state index in [9.17, 15) is 5.26 Å². The molecule has 0 aliphatic carbocycles. The predicted octanol–water partition coefficient (Wildman–Crippen LogP) is 3.85. The van der Waals surface area contributed by atoms with Gasteiger partial charge in [0.15, 0.2) is 0 Å². The van der Waals surface area contributed by atoms with E-state index in [0.717, 1.165) is 42.9 Å². The van der Waals surface area contributed by atoms with Gasteiger partial charge in [-0.15, -0.1) is 54.7 Å². The summed E-state index contributed by atoms with van der Waals surface area (Å²) in [4.78, 5) is 6.77. The number of nitrogens with zero attached hydrogens (tertiary/aromatic N) is 7. The van der Waals surface area contributed by atoms with Crippen LogP contribution in [0.4, 0.5) is 11.7 Å². The first-order valence-electron chi connectivity index (χ1n) is 10.2. The molecule has 188 valence electrons. The summed E-state index contributed by atoms with van der Waals surface area (Å²) in [5, 5.41) is 29.1. The number of piperazine rings is 1. The van der Waals surface area contributed by atoms with E-state index in [1.54, 1.807) is 16.9 Å². The zero-order valence-corrected chi connectivity index (χ0v) is 21.9. The molecule has 0 aromatic carbocycles. The number of hydrogen-bond acceptors (Lipinski definition) is 9. The van der Waals surface area contributed by atoms with Crippen LogP contribution in [0.2, 0.25) is 0 Å². The summed E-state index contributed by atoms with van der Waals surface area (Å²) >= 11 is 0. The molecule has 1 aliphatic rings. The number of nitriles is 1. The van der Waals surface area contributed by atoms with Crippen LogP contribution >= 0.6 is 49.6 Å². The molecule has 1 saturated heterocycles. The van der Waals surface area contributed by atoms with Gasteiger partial charge in [-0.25, -0.2) is 4.52 Å². The summed E-state index contributed by atoms with van der Waals surface area (Å²) in [7, 11) is 0. The summed E-state index contributed by atoms with van der Waals surface area (Å²) in [5.74, 6) is 0.412. The van der Waals surface area contributed by atoms with Gasteiger partial charge in [-0.2, -0.15) is 10.4 Å². The normalized spacial score (nSPS) is 12.4. The Hall–Kier alpha value is -2.81. The van der Waals surface area contributed by atoms with Crippen molar-refractivity contribution in [2.45, 2.75) is 6.92 Å². The van der Waals surface area contributed by atoms with Gasteiger partial charge in [0, 0.05) is 50.7 Å².